The van der Waals surface area contributed by atoms with Crippen molar-refractivity contribution in [3.63, 3.8) is 0 Å². The fourth-order valence-corrected chi connectivity index (χ4v) is 1.88. The average molecular weight is 297 g/mol. The van der Waals surface area contributed by atoms with E-state index in [1.807, 2.05) is 30.3 Å². The van der Waals surface area contributed by atoms with E-state index in [1.54, 1.807) is 0 Å². The molecule has 0 atom stereocenters. The van der Waals surface area contributed by atoms with E-state index in [-0.39, 0.29) is 19.0 Å². The lowest BCUT2D eigenvalue weighted by Crippen LogP contribution is -2.13. The highest BCUT2D eigenvalue weighted by Crippen LogP contribution is 2.18. The Balaban J connectivity index is 1.98. The Hall–Kier alpha value is -1.86. The zero-order valence-corrected chi connectivity index (χ0v) is 11.7. The van der Waals surface area contributed by atoms with Crippen molar-refractivity contribution in [2.45, 2.75) is 26.2 Å². The van der Waals surface area contributed by atoms with Crippen LogP contribution < -0.4 is 0 Å². The fraction of sp³-hybridized carbons (Fsp3) is 0.429. The topological polar surface area (TPSA) is 49.2 Å². The van der Waals surface area contributed by atoms with Gasteiger partial charge in [0, 0.05) is 13.7 Å². The molecule has 2 rings (SSSR count). The number of alkyl halides is 2. The highest BCUT2D eigenvalue weighted by molar-refractivity contribution is 5.13. The van der Waals surface area contributed by atoms with Gasteiger partial charge in [-0.2, -0.15) is 0 Å². The van der Waals surface area contributed by atoms with Gasteiger partial charge in [0.25, 0.3) is 6.43 Å². The van der Waals surface area contributed by atoms with Crippen LogP contribution in [0.4, 0.5) is 8.78 Å². The molecule has 0 amide bonds. The first kappa shape index (κ1) is 15.5. The Bertz CT molecular complexity index is 546. The number of aromatic nitrogens is 3. The summed E-state index contributed by atoms with van der Waals surface area (Å²) in [6, 6.07) is 9.60. The number of halogens is 2. The molecule has 0 N–H and O–H groups in total. The second kappa shape index (κ2) is 7.80. The third-order valence-electron chi connectivity index (χ3n) is 2.91. The smallest absolute Gasteiger partial charge is 0.297 e. The van der Waals surface area contributed by atoms with Crippen LogP contribution in [-0.4, -0.2) is 28.5 Å². The van der Waals surface area contributed by atoms with E-state index >= 15 is 0 Å². The Morgan fingerprint density at radius 2 is 1.90 bits per heavy atom. The molecule has 1 aromatic heterocycles. The normalized spacial score (nSPS) is 11.2. The first-order valence-corrected chi connectivity index (χ1v) is 6.53. The standard InChI is InChI=1S/C14H17F2N3O2/c1-20-8-7-19-12(17-18-14(19)13(15)16)10-21-9-11-5-3-2-4-6-11/h2-6,13H,7-10H2,1H3. The minimum Gasteiger partial charge on any atom is -0.383 e. The van der Waals surface area contributed by atoms with Gasteiger partial charge in [0.2, 0.25) is 0 Å². The Morgan fingerprint density at radius 1 is 1.14 bits per heavy atom. The molecule has 114 valence electrons. The molecule has 0 bridgehead atoms. The minimum absolute atomic E-state index is 0.123. The summed E-state index contributed by atoms with van der Waals surface area (Å²) in [4.78, 5) is 0. The van der Waals surface area contributed by atoms with Gasteiger partial charge in [-0.3, -0.25) is 0 Å². The van der Waals surface area contributed by atoms with Gasteiger partial charge in [-0.05, 0) is 5.56 Å². The summed E-state index contributed by atoms with van der Waals surface area (Å²) in [5, 5.41) is 7.30. The number of hydrogen-bond donors (Lipinski definition) is 0. The first-order valence-electron chi connectivity index (χ1n) is 6.53. The predicted octanol–water partition coefficient (Wildman–Crippen LogP) is 2.58. The number of ether oxygens (including phenoxy) is 2. The van der Waals surface area contributed by atoms with Crippen LogP contribution in [0.5, 0.6) is 0 Å². The Morgan fingerprint density at radius 3 is 2.57 bits per heavy atom. The lowest BCUT2D eigenvalue weighted by atomic mass is 10.2. The molecular weight excluding hydrogens is 280 g/mol. The van der Waals surface area contributed by atoms with E-state index in [4.69, 9.17) is 9.47 Å². The molecule has 0 aliphatic rings. The van der Waals surface area contributed by atoms with Gasteiger partial charge in [-0.25, -0.2) is 8.78 Å². The molecule has 1 heterocycles. The van der Waals surface area contributed by atoms with E-state index in [9.17, 15) is 8.78 Å². The van der Waals surface area contributed by atoms with Crippen molar-refractivity contribution < 1.29 is 18.3 Å². The number of methoxy groups -OCH3 is 1. The number of benzene rings is 1. The summed E-state index contributed by atoms with van der Waals surface area (Å²) in [5.41, 5.74) is 1.01. The van der Waals surface area contributed by atoms with Crippen LogP contribution in [0.1, 0.15) is 23.6 Å². The molecule has 5 nitrogen and oxygen atoms in total. The van der Waals surface area contributed by atoms with Crippen molar-refractivity contribution in [2.75, 3.05) is 13.7 Å². The van der Waals surface area contributed by atoms with E-state index in [1.165, 1.54) is 11.7 Å². The molecule has 0 aliphatic heterocycles. The third kappa shape index (κ3) is 4.30. The van der Waals surface area contributed by atoms with Crippen molar-refractivity contribution in [3.8, 4) is 0 Å². The van der Waals surface area contributed by atoms with Gasteiger partial charge in [0.05, 0.1) is 13.2 Å². The molecule has 21 heavy (non-hydrogen) atoms. The third-order valence-corrected chi connectivity index (χ3v) is 2.91. The van der Waals surface area contributed by atoms with Crippen molar-refractivity contribution in [3.05, 3.63) is 47.5 Å². The minimum atomic E-state index is -2.67. The average Bonchev–Trinajstić information content (AvgIpc) is 2.89. The zero-order valence-electron chi connectivity index (χ0n) is 11.7. The molecule has 0 spiro atoms. The quantitative estimate of drug-likeness (QED) is 0.751. The predicted molar refractivity (Wildman–Crippen MR) is 71.8 cm³/mol. The van der Waals surface area contributed by atoms with E-state index in [2.05, 4.69) is 10.2 Å². The fourth-order valence-electron chi connectivity index (χ4n) is 1.88. The molecule has 7 heteroatoms. The molecule has 0 radical (unpaired) electrons. The van der Waals surface area contributed by atoms with Crippen molar-refractivity contribution in [2.24, 2.45) is 0 Å². The van der Waals surface area contributed by atoms with Crippen LogP contribution in [0.3, 0.4) is 0 Å². The van der Waals surface area contributed by atoms with E-state index in [0.717, 1.165) is 5.56 Å². The molecule has 0 saturated carbocycles. The van der Waals surface area contributed by atoms with Crippen LogP contribution >= 0.6 is 0 Å². The Labute approximate surface area is 121 Å². The molecule has 0 fully saturated rings. The summed E-state index contributed by atoms with van der Waals surface area (Å²) < 4.78 is 37.5. The highest BCUT2D eigenvalue weighted by Gasteiger charge is 2.19. The van der Waals surface area contributed by atoms with Gasteiger partial charge in [0.1, 0.15) is 6.61 Å². The van der Waals surface area contributed by atoms with Crippen molar-refractivity contribution >= 4 is 0 Å². The SMILES string of the molecule is COCCn1c(COCc2ccccc2)nnc1C(F)F. The maximum absolute atomic E-state index is 12.9. The molecular formula is C14H17F2N3O2. The zero-order chi connectivity index (χ0) is 15.1. The molecule has 0 unspecified atom stereocenters. The van der Waals surface area contributed by atoms with Gasteiger partial charge in [-0.1, -0.05) is 30.3 Å². The second-order valence-corrected chi connectivity index (χ2v) is 4.40. The van der Waals surface area contributed by atoms with E-state index < -0.39 is 6.43 Å². The maximum atomic E-state index is 12.9. The Kier molecular flexibility index (Phi) is 5.77. The lowest BCUT2D eigenvalue weighted by molar-refractivity contribution is 0.0942. The van der Waals surface area contributed by atoms with Crippen molar-refractivity contribution in [1.29, 1.82) is 0 Å². The molecule has 1 aromatic carbocycles. The second-order valence-electron chi connectivity index (χ2n) is 4.40. The van der Waals surface area contributed by atoms with Crippen LogP contribution in [0, 0.1) is 0 Å². The van der Waals surface area contributed by atoms with Gasteiger partial charge >= 0.3 is 0 Å². The van der Waals surface area contributed by atoms with Crippen LogP contribution in [0.25, 0.3) is 0 Å². The number of nitrogens with zero attached hydrogens (tertiary/aromatic N) is 3. The summed E-state index contributed by atoms with van der Waals surface area (Å²) >= 11 is 0. The number of hydrogen-bond acceptors (Lipinski definition) is 4. The van der Waals surface area contributed by atoms with Crippen LogP contribution in [0.2, 0.25) is 0 Å². The largest absolute Gasteiger partial charge is 0.383 e. The highest BCUT2D eigenvalue weighted by atomic mass is 19.3. The molecule has 2 aromatic rings. The summed E-state index contributed by atoms with van der Waals surface area (Å²) in [6.07, 6.45) is -2.67. The van der Waals surface area contributed by atoms with Crippen LogP contribution in [-0.2, 0) is 29.2 Å². The molecule has 0 aliphatic carbocycles. The number of rotatable bonds is 8. The van der Waals surface area contributed by atoms with Gasteiger partial charge < -0.3 is 14.0 Å². The van der Waals surface area contributed by atoms with E-state index in [0.29, 0.717) is 19.0 Å². The molecule has 0 saturated heterocycles. The van der Waals surface area contributed by atoms with Crippen LogP contribution in [0.15, 0.2) is 30.3 Å². The summed E-state index contributed by atoms with van der Waals surface area (Å²) in [6.45, 7) is 1.09. The summed E-state index contributed by atoms with van der Waals surface area (Å²) in [7, 11) is 1.51. The summed E-state index contributed by atoms with van der Waals surface area (Å²) in [5.74, 6) is 0.0173. The first-order chi connectivity index (χ1) is 10.2. The maximum Gasteiger partial charge on any atom is 0.297 e. The van der Waals surface area contributed by atoms with Gasteiger partial charge in [0.15, 0.2) is 11.6 Å². The monoisotopic (exact) mass is 297 g/mol. The van der Waals surface area contributed by atoms with Crippen molar-refractivity contribution in [1.82, 2.24) is 14.8 Å². The van der Waals surface area contributed by atoms with Gasteiger partial charge in [-0.15, -0.1) is 10.2 Å². The lowest BCUT2D eigenvalue weighted by Gasteiger charge is -2.09.